The molecule has 120 valence electrons. The predicted octanol–water partition coefficient (Wildman–Crippen LogP) is 4.17. The first-order chi connectivity index (χ1) is 10.9. The van der Waals surface area contributed by atoms with Gasteiger partial charge >= 0.3 is 0 Å². The lowest BCUT2D eigenvalue weighted by atomic mass is 10.2. The number of rotatable bonds is 5. The Bertz CT molecular complexity index is 772. The molecule has 1 N–H and O–H groups in total. The van der Waals surface area contributed by atoms with Crippen LogP contribution in [0.4, 0.5) is 15.8 Å². The summed E-state index contributed by atoms with van der Waals surface area (Å²) in [4.78, 5) is 21.9. The number of halogens is 3. The molecule has 0 saturated heterocycles. The summed E-state index contributed by atoms with van der Waals surface area (Å²) < 4.78 is 18.9. The minimum atomic E-state index is -0.782. The van der Waals surface area contributed by atoms with Crippen molar-refractivity contribution >= 4 is 44.8 Å². The molecule has 0 heterocycles. The molecule has 0 fully saturated rings. The molecule has 0 bridgehead atoms. The standard InChI is InChI=1S/C14H9BrClFN2O4/c15-10-5-8(16)1-4-13(10)23-7-14(20)18-11-3-2-9(17)6-12(11)19(21)22/h1-6H,7H2,(H,18,20). The smallest absolute Gasteiger partial charge is 0.295 e. The number of ether oxygens (including phenoxy) is 1. The normalized spacial score (nSPS) is 10.2. The number of nitro benzene ring substituents is 1. The number of anilines is 1. The molecule has 0 spiro atoms. The van der Waals surface area contributed by atoms with Gasteiger partial charge in [-0.25, -0.2) is 4.39 Å². The topological polar surface area (TPSA) is 81.5 Å². The van der Waals surface area contributed by atoms with Crippen LogP contribution in [0.3, 0.4) is 0 Å². The second-order valence-electron chi connectivity index (χ2n) is 4.33. The molecule has 0 atom stereocenters. The zero-order valence-corrected chi connectivity index (χ0v) is 13.7. The van der Waals surface area contributed by atoms with E-state index in [4.69, 9.17) is 16.3 Å². The zero-order valence-electron chi connectivity index (χ0n) is 11.4. The maximum absolute atomic E-state index is 13.0. The van der Waals surface area contributed by atoms with Crippen molar-refractivity contribution in [3.8, 4) is 5.75 Å². The number of carbonyl (C=O) groups excluding carboxylic acids is 1. The Labute approximate surface area is 143 Å². The van der Waals surface area contributed by atoms with E-state index in [1.807, 2.05) is 0 Å². The summed E-state index contributed by atoms with van der Waals surface area (Å²) in [5.74, 6) is -1.00. The minimum absolute atomic E-state index is 0.111. The van der Waals surface area contributed by atoms with Gasteiger partial charge in [-0.05, 0) is 46.3 Å². The van der Waals surface area contributed by atoms with E-state index >= 15 is 0 Å². The molecule has 0 aromatic heterocycles. The van der Waals surface area contributed by atoms with Gasteiger partial charge in [0.1, 0.15) is 17.3 Å². The first-order valence-electron chi connectivity index (χ1n) is 6.18. The number of amides is 1. The fraction of sp³-hybridized carbons (Fsp3) is 0.0714. The highest BCUT2D eigenvalue weighted by Gasteiger charge is 2.17. The molecule has 0 aliphatic rings. The van der Waals surface area contributed by atoms with Gasteiger partial charge < -0.3 is 10.1 Å². The lowest BCUT2D eigenvalue weighted by Gasteiger charge is -2.09. The average molecular weight is 404 g/mol. The summed E-state index contributed by atoms with van der Waals surface area (Å²) in [7, 11) is 0. The molecule has 0 unspecified atom stereocenters. The Morgan fingerprint density at radius 3 is 2.74 bits per heavy atom. The SMILES string of the molecule is O=C(COc1ccc(Cl)cc1Br)Nc1ccc(F)cc1[N+](=O)[O-]. The summed E-state index contributed by atoms with van der Waals surface area (Å²) in [6.45, 7) is -0.380. The Kier molecular flexibility index (Phi) is 5.51. The van der Waals surface area contributed by atoms with Crippen LogP contribution in [0.15, 0.2) is 40.9 Å². The molecule has 2 rings (SSSR count). The number of hydrogen-bond donors (Lipinski definition) is 1. The second kappa shape index (κ2) is 7.38. The van der Waals surface area contributed by atoms with E-state index in [9.17, 15) is 19.3 Å². The van der Waals surface area contributed by atoms with Gasteiger partial charge in [0.15, 0.2) is 6.61 Å². The Morgan fingerprint density at radius 1 is 1.35 bits per heavy atom. The first kappa shape index (κ1) is 17.2. The highest BCUT2D eigenvalue weighted by Crippen LogP contribution is 2.28. The van der Waals surface area contributed by atoms with E-state index in [2.05, 4.69) is 21.2 Å². The molecule has 2 aromatic carbocycles. The molecule has 0 aliphatic heterocycles. The van der Waals surface area contributed by atoms with E-state index in [0.29, 0.717) is 15.2 Å². The van der Waals surface area contributed by atoms with E-state index in [0.717, 1.165) is 18.2 Å². The van der Waals surface area contributed by atoms with Gasteiger partial charge in [-0.1, -0.05) is 11.6 Å². The van der Waals surface area contributed by atoms with Crippen molar-refractivity contribution in [2.45, 2.75) is 0 Å². The Morgan fingerprint density at radius 2 is 2.09 bits per heavy atom. The predicted molar refractivity (Wildman–Crippen MR) is 86.3 cm³/mol. The fourth-order valence-corrected chi connectivity index (χ4v) is 2.48. The Hall–Kier alpha value is -2.19. The van der Waals surface area contributed by atoms with Crippen molar-refractivity contribution in [2.24, 2.45) is 0 Å². The molecular weight excluding hydrogens is 395 g/mol. The monoisotopic (exact) mass is 402 g/mol. The number of carbonyl (C=O) groups is 1. The van der Waals surface area contributed by atoms with Gasteiger partial charge in [-0.3, -0.25) is 14.9 Å². The molecule has 9 heteroatoms. The third-order valence-corrected chi connectivity index (χ3v) is 3.54. The molecule has 23 heavy (non-hydrogen) atoms. The molecule has 0 saturated carbocycles. The van der Waals surface area contributed by atoms with Crippen LogP contribution >= 0.6 is 27.5 Å². The number of nitrogens with one attached hydrogen (secondary N) is 1. The van der Waals surface area contributed by atoms with Gasteiger partial charge in [0.25, 0.3) is 11.6 Å². The van der Waals surface area contributed by atoms with Crippen LogP contribution in [0.1, 0.15) is 0 Å². The lowest BCUT2D eigenvalue weighted by Crippen LogP contribution is -2.20. The van der Waals surface area contributed by atoms with Gasteiger partial charge in [0.2, 0.25) is 0 Å². The maximum Gasteiger partial charge on any atom is 0.295 e. The van der Waals surface area contributed by atoms with Gasteiger partial charge in [-0.2, -0.15) is 0 Å². The minimum Gasteiger partial charge on any atom is -0.483 e. The third-order valence-electron chi connectivity index (χ3n) is 2.68. The van der Waals surface area contributed by atoms with Crippen LogP contribution in [0.5, 0.6) is 5.75 Å². The van der Waals surface area contributed by atoms with E-state index in [1.54, 1.807) is 18.2 Å². The highest BCUT2D eigenvalue weighted by atomic mass is 79.9. The van der Waals surface area contributed by atoms with Crippen molar-refractivity contribution in [3.05, 3.63) is 61.8 Å². The number of benzene rings is 2. The fourth-order valence-electron chi connectivity index (χ4n) is 1.68. The summed E-state index contributed by atoms with van der Waals surface area (Å²) >= 11 is 9.02. The van der Waals surface area contributed by atoms with Gasteiger partial charge in [0.05, 0.1) is 15.5 Å². The number of nitro groups is 1. The maximum atomic E-state index is 13.0. The van der Waals surface area contributed by atoms with Crippen molar-refractivity contribution < 1.29 is 18.8 Å². The summed E-state index contributed by atoms with van der Waals surface area (Å²) in [5, 5.41) is 13.7. The van der Waals surface area contributed by atoms with Crippen molar-refractivity contribution in [2.75, 3.05) is 11.9 Å². The highest BCUT2D eigenvalue weighted by molar-refractivity contribution is 9.10. The molecule has 2 aromatic rings. The summed E-state index contributed by atoms with van der Waals surface area (Å²) in [6.07, 6.45) is 0. The van der Waals surface area contributed by atoms with Crippen LogP contribution in [-0.2, 0) is 4.79 Å². The van der Waals surface area contributed by atoms with Gasteiger partial charge in [-0.15, -0.1) is 0 Å². The summed E-state index contributed by atoms with van der Waals surface area (Å²) in [6, 6.07) is 7.61. The first-order valence-corrected chi connectivity index (χ1v) is 7.35. The second-order valence-corrected chi connectivity index (χ2v) is 5.62. The molecule has 0 aliphatic carbocycles. The average Bonchev–Trinajstić information content (AvgIpc) is 2.48. The largest absolute Gasteiger partial charge is 0.483 e. The molecule has 6 nitrogen and oxygen atoms in total. The van der Waals surface area contributed by atoms with E-state index < -0.39 is 22.3 Å². The zero-order chi connectivity index (χ0) is 17.0. The lowest BCUT2D eigenvalue weighted by molar-refractivity contribution is -0.384. The quantitative estimate of drug-likeness (QED) is 0.600. The molecule has 1 amide bonds. The van der Waals surface area contributed by atoms with E-state index in [1.165, 1.54) is 0 Å². The van der Waals surface area contributed by atoms with Crippen LogP contribution in [0, 0.1) is 15.9 Å². The van der Waals surface area contributed by atoms with Crippen LogP contribution in [0.25, 0.3) is 0 Å². The van der Waals surface area contributed by atoms with Crippen LogP contribution in [-0.4, -0.2) is 17.4 Å². The number of hydrogen-bond acceptors (Lipinski definition) is 4. The van der Waals surface area contributed by atoms with Crippen LogP contribution < -0.4 is 10.1 Å². The van der Waals surface area contributed by atoms with Crippen molar-refractivity contribution in [1.29, 1.82) is 0 Å². The number of nitrogens with zero attached hydrogens (tertiary/aromatic N) is 1. The van der Waals surface area contributed by atoms with Gasteiger partial charge in [0, 0.05) is 5.02 Å². The summed E-state index contributed by atoms with van der Waals surface area (Å²) in [5.41, 5.74) is -0.647. The Balaban J connectivity index is 2.04. The van der Waals surface area contributed by atoms with E-state index in [-0.39, 0.29) is 12.3 Å². The molecular formula is C14H9BrClFN2O4. The third kappa shape index (κ3) is 4.64. The van der Waals surface area contributed by atoms with Crippen LogP contribution in [0.2, 0.25) is 5.02 Å². The molecule has 0 radical (unpaired) electrons. The van der Waals surface area contributed by atoms with Crippen molar-refractivity contribution in [3.63, 3.8) is 0 Å². The van der Waals surface area contributed by atoms with Crippen molar-refractivity contribution in [1.82, 2.24) is 0 Å².